The molecular weight excluding hydrogens is 274 g/mol. The Labute approximate surface area is 122 Å². The minimum absolute atomic E-state index is 0.321. The number of nitrogens with two attached hydrogens (primary N) is 1. The zero-order valence-corrected chi connectivity index (χ0v) is 12.3. The summed E-state index contributed by atoms with van der Waals surface area (Å²) in [6.07, 6.45) is 1.54. The SMILES string of the molecule is CCOC(=O)c1cc(N)cnc1N(C)Cc1cccs1. The van der Waals surface area contributed by atoms with Crippen molar-refractivity contribution in [1.29, 1.82) is 0 Å². The third-order valence-corrected chi connectivity index (χ3v) is 3.58. The summed E-state index contributed by atoms with van der Waals surface area (Å²) in [5, 5.41) is 2.02. The summed E-state index contributed by atoms with van der Waals surface area (Å²) in [4.78, 5) is 19.4. The molecule has 6 heteroatoms. The van der Waals surface area contributed by atoms with Gasteiger partial charge in [-0.25, -0.2) is 9.78 Å². The molecule has 0 aliphatic carbocycles. The van der Waals surface area contributed by atoms with Crippen LogP contribution in [0.2, 0.25) is 0 Å². The molecule has 0 atom stereocenters. The molecule has 2 N–H and O–H groups in total. The van der Waals surface area contributed by atoms with Crippen LogP contribution in [0.5, 0.6) is 0 Å². The van der Waals surface area contributed by atoms with Crippen LogP contribution < -0.4 is 10.6 Å². The van der Waals surface area contributed by atoms with E-state index in [1.165, 1.54) is 4.88 Å². The first kappa shape index (κ1) is 14.3. The van der Waals surface area contributed by atoms with Crippen LogP contribution in [0, 0.1) is 0 Å². The van der Waals surface area contributed by atoms with Crippen molar-refractivity contribution in [2.24, 2.45) is 0 Å². The first-order valence-corrected chi connectivity index (χ1v) is 7.16. The molecule has 2 aromatic rings. The van der Waals surface area contributed by atoms with Crippen molar-refractivity contribution < 1.29 is 9.53 Å². The Morgan fingerprint density at radius 2 is 2.35 bits per heavy atom. The highest BCUT2D eigenvalue weighted by Gasteiger charge is 2.18. The lowest BCUT2D eigenvalue weighted by molar-refractivity contribution is 0.0526. The second kappa shape index (κ2) is 6.38. The summed E-state index contributed by atoms with van der Waals surface area (Å²) < 4.78 is 5.05. The Hall–Kier alpha value is -2.08. The number of carbonyl (C=O) groups is 1. The fraction of sp³-hybridized carbons (Fsp3) is 0.286. The number of hydrogen-bond donors (Lipinski definition) is 1. The van der Waals surface area contributed by atoms with Gasteiger partial charge in [0.1, 0.15) is 11.4 Å². The molecule has 0 amide bonds. The lowest BCUT2D eigenvalue weighted by Gasteiger charge is -2.20. The van der Waals surface area contributed by atoms with Gasteiger partial charge in [0.05, 0.1) is 25.0 Å². The normalized spacial score (nSPS) is 10.3. The Kier molecular flexibility index (Phi) is 4.57. The molecule has 0 fully saturated rings. The molecule has 2 rings (SSSR count). The van der Waals surface area contributed by atoms with Gasteiger partial charge in [-0.15, -0.1) is 11.3 Å². The van der Waals surface area contributed by atoms with E-state index in [2.05, 4.69) is 4.98 Å². The van der Waals surface area contributed by atoms with Crippen LogP contribution in [0.4, 0.5) is 11.5 Å². The number of rotatable bonds is 5. The molecule has 2 aromatic heterocycles. The van der Waals surface area contributed by atoms with Crippen LogP contribution in [-0.2, 0) is 11.3 Å². The van der Waals surface area contributed by atoms with Crippen LogP contribution in [-0.4, -0.2) is 24.6 Å². The smallest absolute Gasteiger partial charge is 0.341 e. The van der Waals surface area contributed by atoms with E-state index >= 15 is 0 Å². The van der Waals surface area contributed by atoms with E-state index in [-0.39, 0.29) is 0 Å². The largest absolute Gasteiger partial charge is 0.462 e. The third-order valence-electron chi connectivity index (χ3n) is 2.72. The molecule has 2 heterocycles. The fourth-order valence-corrected chi connectivity index (χ4v) is 2.61. The van der Waals surface area contributed by atoms with Crippen molar-refractivity contribution in [3.05, 3.63) is 40.2 Å². The van der Waals surface area contributed by atoms with Crippen LogP contribution in [0.25, 0.3) is 0 Å². The monoisotopic (exact) mass is 291 g/mol. The van der Waals surface area contributed by atoms with Crippen molar-refractivity contribution in [2.75, 3.05) is 24.3 Å². The van der Waals surface area contributed by atoms with Crippen molar-refractivity contribution in [1.82, 2.24) is 4.98 Å². The Balaban J connectivity index is 2.27. The number of anilines is 2. The minimum Gasteiger partial charge on any atom is -0.462 e. The first-order chi connectivity index (χ1) is 9.61. The van der Waals surface area contributed by atoms with Gasteiger partial charge in [0, 0.05) is 11.9 Å². The highest BCUT2D eigenvalue weighted by molar-refractivity contribution is 7.09. The zero-order valence-electron chi connectivity index (χ0n) is 11.5. The average Bonchev–Trinajstić information content (AvgIpc) is 2.91. The van der Waals surface area contributed by atoms with Gasteiger partial charge in [0.25, 0.3) is 0 Å². The molecule has 106 valence electrons. The maximum absolute atomic E-state index is 12.0. The number of carbonyl (C=O) groups excluding carboxylic acids is 1. The van der Waals surface area contributed by atoms with E-state index in [1.54, 1.807) is 30.5 Å². The highest BCUT2D eigenvalue weighted by atomic mass is 32.1. The molecule has 0 aromatic carbocycles. The first-order valence-electron chi connectivity index (χ1n) is 6.28. The molecule has 0 saturated heterocycles. The predicted molar refractivity (Wildman–Crippen MR) is 81.0 cm³/mol. The summed E-state index contributed by atoms with van der Waals surface area (Å²) >= 11 is 1.66. The highest BCUT2D eigenvalue weighted by Crippen LogP contribution is 2.22. The maximum atomic E-state index is 12.0. The Bertz CT molecular complexity index is 584. The molecule has 0 bridgehead atoms. The van der Waals surface area contributed by atoms with Crippen LogP contribution in [0.15, 0.2) is 29.8 Å². The van der Waals surface area contributed by atoms with Crippen molar-refractivity contribution in [3.63, 3.8) is 0 Å². The molecule has 20 heavy (non-hydrogen) atoms. The van der Waals surface area contributed by atoms with Gasteiger partial charge in [0.2, 0.25) is 0 Å². The van der Waals surface area contributed by atoms with E-state index in [0.29, 0.717) is 30.2 Å². The van der Waals surface area contributed by atoms with Gasteiger partial charge in [-0.2, -0.15) is 0 Å². The zero-order chi connectivity index (χ0) is 14.5. The topological polar surface area (TPSA) is 68.5 Å². The Morgan fingerprint density at radius 3 is 3.00 bits per heavy atom. The number of hydrogen-bond acceptors (Lipinski definition) is 6. The van der Waals surface area contributed by atoms with Crippen molar-refractivity contribution in [2.45, 2.75) is 13.5 Å². The summed E-state index contributed by atoms with van der Waals surface area (Å²) in [6.45, 7) is 2.77. The standard InChI is InChI=1S/C14H17N3O2S/c1-3-19-14(18)12-7-10(15)8-16-13(12)17(2)9-11-5-4-6-20-11/h4-8H,3,9,15H2,1-2H3. The summed E-state index contributed by atoms with van der Waals surface area (Å²) in [7, 11) is 1.89. The number of pyridine rings is 1. The second-order valence-corrected chi connectivity index (χ2v) is 5.33. The second-order valence-electron chi connectivity index (χ2n) is 4.30. The van der Waals surface area contributed by atoms with Gasteiger partial charge in [0.15, 0.2) is 0 Å². The van der Waals surface area contributed by atoms with Gasteiger partial charge in [-0.05, 0) is 24.4 Å². The molecule has 0 radical (unpaired) electrons. The van der Waals surface area contributed by atoms with Crippen molar-refractivity contribution >= 4 is 28.8 Å². The maximum Gasteiger partial charge on any atom is 0.341 e. The Morgan fingerprint density at radius 1 is 1.55 bits per heavy atom. The molecule has 0 unspecified atom stereocenters. The number of nitrogen functional groups attached to an aromatic ring is 1. The molecule has 0 saturated carbocycles. The molecule has 5 nitrogen and oxygen atoms in total. The van der Waals surface area contributed by atoms with Crippen LogP contribution >= 0.6 is 11.3 Å². The third kappa shape index (κ3) is 3.27. The summed E-state index contributed by atoms with van der Waals surface area (Å²) in [5.74, 6) is 0.173. The molecular formula is C14H17N3O2S. The number of esters is 1. The van der Waals surface area contributed by atoms with E-state index in [0.717, 1.165) is 0 Å². The minimum atomic E-state index is -0.402. The molecule has 0 aliphatic rings. The fourth-order valence-electron chi connectivity index (χ4n) is 1.85. The quantitative estimate of drug-likeness (QED) is 0.857. The van der Waals surface area contributed by atoms with E-state index in [4.69, 9.17) is 10.5 Å². The summed E-state index contributed by atoms with van der Waals surface area (Å²) in [6, 6.07) is 5.64. The average molecular weight is 291 g/mol. The number of ether oxygens (including phenoxy) is 1. The lowest BCUT2D eigenvalue weighted by atomic mass is 10.2. The van der Waals surface area contributed by atoms with Crippen LogP contribution in [0.1, 0.15) is 22.2 Å². The number of nitrogens with zero attached hydrogens (tertiary/aromatic N) is 2. The molecule has 0 spiro atoms. The van der Waals surface area contributed by atoms with Crippen molar-refractivity contribution in [3.8, 4) is 0 Å². The van der Waals surface area contributed by atoms with E-state index < -0.39 is 5.97 Å². The van der Waals surface area contributed by atoms with Crippen LogP contribution in [0.3, 0.4) is 0 Å². The number of thiophene rings is 1. The van der Waals surface area contributed by atoms with Gasteiger partial charge in [-0.3, -0.25) is 0 Å². The van der Waals surface area contributed by atoms with Gasteiger partial charge >= 0.3 is 5.97 Å². The van der Waals surface area contributed by atoms with Gasteiger partial charge in [-0.1, -0.05) is 6.07 Å². The van der Waals surface area contributed by atoms with E-state index in [1.807, 2.05) is 29.5 Å². The number of aromatic nitrogens is 1. The van der Waals surface area contributed by atoms with Gasteiger partial charge < -0.3 is 15.4 Å². The molecule has 0 aliphatic heterocycles. The van der Waals surface area contributed by atoms with E-state index in [9.17, 15) is 4.79 Å². The summed E-state index contributed by atoms with van der Waals surface area (Å²) in [5.41, 5.74) is 6.55. The predicted octanol–water partition coefficient (Wildman–Crippen LogP) is 2.54. The lowest BCUT2D eigenvalue weighted by Crippen LogP contribution is -2.21.